The van der Waals surface area contributed by atoms with E-state index in [1.165, 1.54) is 0 Å². The number of aromatic nitrogens is 2. The number of carboxylic acid groups (broad SMARTS) is 1. The van der Waals surface area contributed by atoms with Crippen LogP contribution in [0.15, 0.2) is 42.5 Å². The molecule has 1 heterocycles. The number of carbonyl (C=O) groups is 1. The highest BCUT2D eigenvalue weighted by Gasteiger charge is 2.23. The first-order valence-corrected chi connectivity index (χ1v) is 12.5. The van der Waals surface area contributed by atoms with E-state index < -0.39 is 5.97 Å². The molecule has 0 fully saturated rings. The lowest BCUT2D eigenvalue weighted by molar-refractivity contribution is 0.0690. The lowest BCUT2D eigenvalue weighted by Crippen LogP contribution is -2.25. The highest BCUT2D eigenvalue weighted by molar-refractivity contribution is 5.88. The number of aromatic carboxylic acids is 1. The predicted octanol–water partition coefficient (Wildman–Crippen LogP) is 5.52. The molecular weight excluding hydrogens is 456 g/mol. The van der Waals surface area contributed by atoms with Gasteiger partial charge in [0.15, 0.2) is 5.69 Å². The zero-order chi connectivity index (χ0) is 26.2. The van der Waals surface area contributed by atoms with Crippen LogP contribution >= 0.6 is 0 Å². The average Bonchev–Trinajstić information content (AvgIpc) is 3.33. The normalized spacial score (nSPS) is 11.2. The van der Waals surface area contributed by atoms with E-state index in [1.807, 2.05) is 30.3 Å². The van der Waals surface area contributed by atoms with Crippen LogP contribution in [0.4, 0.5) is 5.69 Å². The largest absolute Gasteiger partial charge is 0.496 e. The van der Waals surface area contributed by atoms with E-state index in [1.54, 1.807) is 25.0 Å². The summed E-state index contributed by atoms with van der Waals surface area (Å²) in [4.78, 5) is 14.3. The fourth-order valence-electron chi connectivity index (χ4n) is 4.35. The molecule has 8 heteroatoms. The quantitative estimate of drug-likeness (QED) is 0.302. The number of hydrogen-bond donors (Lipinski definition) is 2. The zero-order valence-corrected chi connectivity index (χ0v) is 22.2. The molecule has 0 amide bonds. The maximum Gasteiger partial charge on any atom is 0.356 e. The molecule has 194 valence electrons. The molecule has 8 nitrogen and oxygen atoms in total. The van der Waals surface area contributed by atoms with E-state index in [-0.39, 0.29) is 11.6 Å². The minimum absolute atomic E-state index is 0.0498. The second-order valence-corrected chi connectivity index (χ2v) is 8.90. The van der Waals surface area contributed by atoms with Crippen LogP contribution < -0.4 is 14.8 Å². The molecule has 0 spiro atoms. The number of ether oxygens (including phenoxy) is 2. The third kappa shape index (κ3) is 5.99. The molecule has 36 heavy (non-hydrogen) atoms. The van der Waals surface area contributed by atoms with Gasteiger partial charge in [0.25, 0.3) is 0 Å². The maximum atomic E-state index is 11.9. The summed E-state index contributed by atoms with van der Waals surface area (Å²) in [6.07, 6.45) is 1.05. The van der Waals surface area contributed by atoms with Crippen LogP contribution in [-0.4, -0.2) is 66.2 Å². The highest BCUT2D eigenvalue weighted by atomic mass is 16.5. The van der Waals surface area contributed by atoms with Crippen molar-refractivity contribution in [2.45, 2.75) is 40.0 Å². The summed E-state index contributed by atoms with van der Waals surface area (Å²) in [5.41, 5.74) is 4.09. The van der Waals surface area contributed by atoms with Crippen LogP contribution in [0.1, 0.15) is 56.1 Å². The van der Waals surface area contributed by atoms with Gasteiger partial charge in [-0.25, -0.2) is 9.48 Å². The van der Waals surface area contributed by atoms with Gasteiger partial charge in [0.2, 0.25) is 0 Å². The first-order valence-electron chi connectivity index (χ1n) is 12.5. The third-order valence-electron chi connectivity index (χ3n) is 6.36. The number of hydrogen-bond acceptors (Lipinski definition) is 6. The fraction of sp³-hybridized carbons (Fsp3) is 0.429. The molecule has 0 atom stereocenters. The molecule has 0 radical (unpaired) electrons. The Morgan fingerprint density at radius 1 is 1.08 bits per heavy atom. The molecule has 0 saturated heterocycles. The fourth-order valence-corrected chi connectivity index (χ4v) is 4.35. The lowest BCUT2D eigenvalue weighted by Gasteiger charge is -2.20. The first kappa shape index (κ1) is 27.1. The van der Waals surface area contributed by atoms with Gasteiger partial charge in [0.1, 0.15) is 11.5 Å². The van der Waals surface area contributed by atoms with Crippen molar-refractivity contribution in [3.63, 3.8) is 0 Å². The van der Waals surface area contributed by atoms with Gasteiger partial charge in [-0.3, -0.25) is 0 Å². The summed E-state index contributed by atoms with van der Waals surface area (Å²) in [5, 5.41) is 17.7. The molecule has 0 aliphatic rings. The number of rotatable bonds is 13. The number of benzene rings is 2. The van der Waals surface area contributed by atoms with Crippen LogP contribution in [-0.2, 0) is 0 Å². The summed E-state index contributed by atoms with van der Waals surface area (Å²) in [7, 11) is 3.16. The van der Waals surface area contributed by atoms with E-state index in [0.29, 0.717) is 22.8 Å². The summed E-state index contributed by atoms with van der Waals surface area (Å²) in [6.45, 7) is 12.7. The van der Waals surface area contributed by atoms with Gasteiger partial charge in [-0.1, -0.05) is 33.8 Å². The van der Waals surface area contributed by atoms with Crippen LogP contribution in [0.3, 0.4) is 0 Å². The van der Waals surface area contributed by atoms with Crippen LogP contribution in [0.5, 0.6) is 11.5 Å². The second-order valence-electron chi connectivity index (χ2n) is 8.90. The Balaban J connectivity index is 2.04. The van der Waals surface area contributed by atoms with E-state index in [2.05, 4.69) is 49.1 Å². The van der Waals surface area contributed by atoms with Gasteiger partial charge in [0, 0.05) is 12.2 Å². The lowest BCUT2D eigenvalue weighted by atomic mass is 9.99. The molecule has 3 rings (SSSR count). The van der Waals surface area contributed by atoms with Crippen molar-refractivity contribution >= 4 is 11.7 Å². The molecule has 1 aromatic heterocycles. The molecule has 2 N–H and O–H groups in total. The number of anilines is 1. The molecule has 0 bridgehead atoms. The van der Waals surface area contributed by atoms with E-state index in [9.17, 15) is 9.90 Å². The molecule has 0 saturated carbocycles. The van der Waals surface area contributed by atoms with E-state index >= 15 is 0 Å². The Kier molecular flexibility index (Phi) is 9.36. The first-order chi connectivity index (χ1) is 17.3. The van der Waals surface area contributed by atoms with Crippen molar-refractivity contribution in [1.29, 1.82) is 0 Å². The summed E-state index contributed by atoms with van der Waals surface area (Å²) < 4.78 is 12.9. The Morgan fingerprint density at radius 2 is 1.75 bits per heavy atom. The molecule has 2 aromatic carbocycles. The highest BCUT2D eigenvalue weighted by Crippen LogP contribution is 2.40. The summed E-state index contributed by atoms with van der Waals surface area (Å²) in [6, 6.07) is 13.2. The minimum atomic E-state index is -1.10. The molecule has 3 aromatic rings. The van der Waals surface area contributed by atoms with Gasteiger partial charge in [-0.15, -0.1) is 0 Å². The molecule has 0 aliphatic carbocycles. The molecular formula is C28H38N4O4. The van der Waals surface area contributed by atoms with Crippen molar-refractivity contribution in [3.8, 4) is 28.4 Å². The number of methoxy groups -OCH3 is 2. The summed E-state index contributed by atoms with van der Waals surface area (Å²) in [5.74, 6) is 0.235. The van der Waals surface area contributed by atoms with Crippen molar-refractivity contribution in [3.05, 3.63) is 53.7 Å². The number of carboxylic acids is 1. The van der Waals surface area contributed by atoms with Gasteiger partial charge in [-0.05, 0) is 73.9 Å². The van der Waals surface area contributed by atoms with Crippen LogP contribution in [0.25, 0.3) is 16.9 Å². The Hall–Kier alpha value is -3.52. The van der Waals surface area contributed by atoms with Crippen molar-refractivity contribution in [1.82, 2.24) is 14.7 Å². The Labute approximate surface area is 213 Å². The van der Waals surface area contributed by atoms with E-state index in [4.69, 9.17) is 9.47 Å². The molecule has 0 aliphatic heterocycles. The summed E-state index contributed by atoms with van der Waals surface area (Å²) >= 11 is 0. The third-order valence-corrected chi connectivity index (χ3v) is 6.36. The standard InChI is InChI=1S/C28H38N4O4/c1-7-31(8-2)16-10-15-29-20-13-14-23(21(17-20)19(3)4)32-24(18-22(30-32)28(33)34)27-25(35-5)11-9-12-26(27)36-6/h9,11-14,17-19,29H,7-8,10,15-16H2,1-6H3,(H,33,34). The topological polar surface area (TPSA) is 88.9 Å². The van der Waals surface area contributed by atoms with Crippen LogP contribution in [0.2, 0.25) is 0 Å². The Bertz CT molecular complexity index is 1150. The van der Waals surface area contributed by atoms with Gasteiger partial charge < -0.3 is 24.8 Å². The van der Waals surface area contributed by atoms with Gasteiger partial charge in [0.05, 0.1) is 31.2 Å². The zero-order valence-electron chi connectivity index (χ0n) is 22.2. The maximum absolute atomic E-state index is 11.9. The van der Waals surface area contributed by atoms with Crippen molar-refractivity contribution in [2.75, 3.05) is 45.7 Å². The Morgan fingerprint density at radius 3 is 2.31 bits per heavy atom. The van der Waals surface area contributed by atoms with Gasteiger partial charge >= 0.3 is 5.97 Å². The second kappa shape index (κ2) is 12.4. The van der Waals surface area contributed by atoms with Crippen molar-refractivity contribution in [2.24, 2.45) is 0 Å². The predicted molar refractivity (Wildman–Crippen MR) is 144 cm³/mol. The SMILES string of the molecule is CCN(CC)CCCNc1ccc(-n2nc(C(=O)O)cc2-c2c(OC)cccc2OC)c(C(C)C)c1. The minimum Gasteiger partial charge on any atom is -0.496 e. The number of nitrogens with one attached hydrogen (secondary N) is 1. The smallest absolute Gasteiger partial charge is 0.356 e. The van der Waals surface area contributed by atoms with Crippen LogP contribution in [0, 0.1) is 0 Å². The average molecular weight is 495 g/mol. The van der Waals surface area contributed by atoms with Crippen molar-refractivity contribution < 1.29 is 19.4 Å². The van der Waals surface area contributed by atoms with Gasteiger partial charge in [-0.2, -0.15) is 5.10 Å². The monoisotopic (exact) mass is 494 g/mol. The van der Waals surface area contributed by atoms with E-state index in [0.717, 1.165) is 49.5 Å². The number of nitrogens with zero attached hydrogens (tertiary/aromatic N) is 3. The molecule has 0 unspecified atom stereocenters.